The molecule has 2 saturated heterocycles. The van der Waals surface area contributed by atoms with E-state index in [9.17, 15) is 9.59 Å². The minimum absolute atomic E-state index is 0.342. The smallest absolute Gasteiger partial charge is 0.237 e. The number of amides is 2. The van der Waals surface area contributed by atoms with Gasteiger partial charge in [0.25, 0.3) is 0 Å². The van der Waals surface area contributed by atoms with Crippen LogP contribution in [0.2, 0.25) is 0 Å². The highest BCUT2D eigenvalue weighted by molar-refractivity contribution is 5.79. The lowest BCUT2D eigenvalue weighted by Gasteiger charge is -2.40. The molecule has 4 aliphatic rings. The molecule has 5 heteroatoms. The summed E-state index contributed by atoms with van der Waals surface area (Å²) in [5, 5.41) is 0. The Kier molecular flexibility index (Phi) is 5.03. The quantitative estimate of drug-likeness (QED) is 0.740. The van der Waals surface area contributed by atoms with Gasteiger partial charge in [-0.25, -0.2) is 0 Å². The zero-order valence-electron chi connectivity index (χ0n) is 15.7. The summed E-state index contributed by atoms with van der Waals surface area (Å²) in [5.41, 5.74) is 0. The van der Waals surface area contributed by atoms with Gasteiger partial charge in [0.05, 0.1) is 6.54 Å². The average molecular weight is 348 g/mol. The first-order valence-electron chi connectivity index (χ1n) is 10.5. The van der Waals surface area contributed by atoms with Gasteiger partial charge in [0.15, 0.2) is 0 Å². The van der Waals surface area contributed by atoms with E-state index in [1.807, 2.05) is 0 Å². The molecule has 1 atom stereocenters. The van der Waals surface area contributed by atoms with Crippen LogP contribution in [0.25, 0.3) is 0 Å². The van der Waals surface area contributed by atoms with Crippen molar-refractivity contribution in [1.82, 2.24) is 14.7 Å². The molecule has 2 heterocycles. The van der Waals surface area contributed by atoms with Crippen LogP contribution in [0.15, 0.2) is 0 Å². The summed E-state index contributed by atoms with van der Waals surface area (Å²) in [6.45, 7) is 5.68. The van der Waals surface area contributed by atoms with E-state index in [0.29, 0.717) is 36.5 Å². The lowest BCUT2D eigenvalue weighted by atomic mass is 9.99. The molecule has 1 unspecified atom stereocenters. The van der Waals surface area contributed by atoms with E-state index < -0.39 is 0 Å². The van der Waals surface area contributed by atoms with Crippen molar-refractivity contribution in [3.8, 4) is 0 Å². The summed E-state index contributed by atoms with van der Waals surface area (Å²) in [6.07, 6.45) is 9.98. The number of piperidine rings is 2. The number of carbonyl (C=O) groups excluding carboxylic acids is 2. The number of hydrogen-bond donors (Lipinski definition) is 0. The van der Waals surface area contributed by atoms with Crippen LogP contribution in [-0.4, -0.2) is 70.8 Å². The maximum Gasteiger partial charge on any atom is 0.237 e. The van der Waals surface area contributed by atoms with Crippen LogP contribution in [0.1, 0.15) is 64.7 Å². The summed E-state index contributed by atoms with van der Waals surface area (Å²) in [7, 11) is 0. The van der Waals surface area contributed by atoms with Gasteiger partial charge in [0.1, 0.15) is 0 Å². The topological polar surface area (TPSA) is 43.9 Å². The fourth-order valence-electron chi connectivity index (χ4n) is 4.80. The molecule has 2 saturated carbocycles. The Balaban J connectivity index is 1.27. The van der Waals surface area contributed by atoms with Crippen LogP contribution in [0.5, 0.6) is 0 Å². The molecule has 2 aliphatic carbocycles. The van der Waals surface area contributed by atoms with Crippen LogP contribution in [-0.2, 0) is 9.59 Å². The largest absolute Gasteiger partial charge is 0.340 e. The van der Waals surface area contributed by atoms with E-state index >= 15 is 0 Å². The van der Waals surface area contributed by atoms with Crippen LogP contribution >= 0.6 is 0 Å². The van der Waals surface area contributed by atoms with E-state index in [2.05, 4.69) is 21.6 Å². The maximum absolute atomic E-state index is 12.9. The number of rotatable bonds is 6. The molecule has 4 rings (SSSR count). The van der Waals surface area contributed by atoms with Gasteiger partial charge in [-0.2, -0.15) is 0 Å². The minimum atomic E-state index is 0.342. The number of nitrogens with zero attached hydrogens (tertiary/aromatic N) is 3. The molecule has 0 aromatic heterocycles. The zero-order chi connectivity index (χ0) is 17.4. The van der Waals surface area contributed by atoms with Crippen molar-refractivity contribution in [1.29, 1.82) is 0 Å². The monoisotopic (exact) mass is 347 g/mol. The van der Waals surface area contributed by atoms with E-state index in [1.165, 1.54) is 25.7 Å². The molecule has 5 nitrogen and oxygen atoms in total. The summed E-state index contributed by atoms with van der Waals surface area (Å²) in [5.74, 6) is 1.44. The summed E-state index contributed by atoms with van der Waals surface area (Å²) in [6, 6.07) is 1.36. The van der Waals surface area contributed by atoms with E-state index in [4.69, 9.17) is 0 Å². The second-order valence-electron chi connectivity index (χ2n) is 8.66. The van der Waals surface area contributed by atoms with Gasteiger partial charge in [-0.15, -0.1) is 0 Å². The number of likely N-dealkylation sites (tertiary alicyclic amines) is 2. The maximum atomic E-state index is 12.9. The van der Waals surface area contributed by atoms with Gasteiger partial charge in [-0.3, -0.25) is 14.5 Å². The Labute approximate surface area is 151 Å². The highest BCUT2D eigenvalue weighted by Crippen LogP contribution is 2.39. The first-order chi connectivity index (χ1) is 12.1. The minimum Gasteiger partial charge on any atom is -0.340 e. The van der Waals surface area contributed by atoms with Crippen molar-refractivity contribution >= 4 is 11.8 Å². The first kappa shape index (κ1) is 17.3. The van der Waals surface area contributed by atoms with Crippen molar-refractivity contribution < 1.29 is 9.59 Å². The SMILES string of the molecule is CC(C1CC1)N(C(=O)CN1CCC(N2CCCCC2=O)CC1)C1CC1. The molecule has 0 bridgehead atoms. The van der Waals surface area contributed by atoms with Crippen LogP contribution in [0.3, 0.4) is 0 Å². The molecule has 0 aromatic carbocycles. The molecule has 0 spiro atoms. The average Bonchev–Trinajstić information content (AvgIpc) is 3.49. The number of carbonyl (C=O) groups is 2. The standard InChI is InChI=1S/C20H33N3O2/c1-15(16-5-6-16)23(18-7-8-18)20(25)14-21-12-9-17(10-13-21)22-11-3-2-4-19(22)24/h15-18H,2-14H2,1H3. The molecule has 25 heavy (non-hydrogen) atoms. The third-order valence-corrected chi connectivity index (χ3v) is 6.69. The van der Waals surface area contributed by atoms with Crippen molar-refractivity contribution in [2.45, 2.75) is 82.8 Å². The third-order valence-electron chi connectivity index (χ3n) is 6.69. The zero-order valence-corrected chi connectivity index (χ0v) is 15.7. The normalized spacial score (nSPS) is 27.4. The molecule has 0 aromatic rings. The second kappa shape index (κ2) is 7.26. The summed E-state index contributed by atoms with van der Waals surface area (Å²) in [4.78, 5) is 31.7. The lowest BCUT2D eigenvalue weighted by molar-refractivity contribution is -0.139. The van der Waals surface area contributed by atoms with E-state index in [-0.39, 0.29) is 0 Å². The Morgan fingerprint density at radius 3 is 2.40 bits per heavy atom. The Morgan fingerprint density at radius 1 is 1.08 bits per heavy atom. The molecule has 2 amide bonds. The molecular weight excluding hydrogens is 314 g/mol. The van der Waals surface area contributed by atoms with Crippen LogP contribution in [0, 0.1) is 5.92 Å². The molecule has 0 N–H and O–H groups in total. The Hall–Kier alpha value is -1.10. The third kappa shape index (κ3) is 4.02. The van der Waals surface area contributed by atoms with E-state index in [1.54, 1.807) is 0 Å². The molecule has 0 radical (unpaired) electrons. The Morgan fingerprint density at radius 2 is 1.80 bits per heavy atom. The van der Waals surface area contributed by atoms with Crippen LogP contribution < -0.4 is 0 Å². The van der Waals surface area contributed by atoms with Gasteiger partial charge in [0.2, 0.25) is 11.8 Å². The lowest BCUT2D eigenvalue weighted by Crippen LogP contribution is -2.52. The van der Waals surface area contributed by atoms with Gasteiger partial charge in [0, 0.05) is 44.2 Å². The molecular formula is C20H33N3O2. The van der Waals surface area contributed by atoms with Gasteiger partial charge in [-0.1, -0.05) is 0 Å². The van der Waals surface area contributed by atoms with Crippen molar-refractivity contribution in [2.24, 2.45) is 5.92 Å². The Bertz CT molecular complexity index is 507. The predicted molar refractivity (Wildman–Crippen MR) is 97.1 cm³/mol. The summed E-state index contributed by atoms with van der Waals surface area (Å²) >= 11 is 0. The van der Waals surface area contributed by atoms with Crippen molar-refractivity contribution in [2.75, 3.05) is 26.2 Å². The summed E-state index contributed by atoms with van der Waals surface area (Å²) < 4.78 is 0. The molecule has 140 valence electrons. The number of hydrogen-bond acceptors (Lipinski definition) is 3. The van der Waals surface area contributed by atoms with Crippen molar-refractivity contribution in [3.05, 3.63) is 0 Å². The van der Waals surface area contributed by atoms with Gasteiger partial charge in [-0.05, 0) is 64.2 Å². The van der Waals surface area contributed by atoms with Gasteiger partial charge < -0.3 is 9.80 Å². The van der Waals surface area contributed by atoms with Crippen molar-refractivity contribution in [3.63, 3.8) is 0 Å². The first-order valence-corrected chi connectivity index (χ1v) is 10.5. The fourth-order valence-corrected chi connectivity index (χ4v) is 4.80. The van der Waals surface area contributed by atoms with Crippen LogP contribution in [0.4, 0.5) is 0 Å². The predicted octanol–water partition coefficient (Wildman–Crippen LogP) is 2.25. The van der Waals surface area contributed by atoms with E-state index in [0.717, 1.165) is 57.7 Å². The van der Waals surface area contributed by atoms with Gasteiger partial charge >= 0.3 is 0 Å². The molecule has 2 aliphatic heterocycles. The molecule has 4 fully saturated rings. The highest BCUT2D eigenvalue weighted by Gasteiger charge is 2.42. The highest BCUT2D eigenvalue weighted by atomic mass is 16.2. The fraction of sp³-hybridized carbons (Fsp3) is 0.900. The second-order valence-corrected chi connectivity index (χ2v) is 8.66.